The van der Waals surface area contributed by atoms with Gasteiger partial charge in [-0.25, -0.2) is 0 Å². The molecule has 0 bridgehead atoms. The maximum atomic E-state index is 6.06. The highest BCUT2D eigenvalue weighted by Gasteiger charge is 2.37. The molecule has 0 saturated carbocycles. The van der Waals surface area contributed by atoms with Crippen molar-refractivity contribution in [3.63, 3.8) is 0 Å². The molecule has 0 spiro atoms. The highest BCUT2D eigenvalue weighted by Crippen LogP contribution is 2.34. The van der Waals surface area contributed by atoms with Gasteiger partial charge in [0.05, 0.1) is 0 Å². The number of alkyl halides is 2. The Labute approximate surface area is 78.3 Å². The molecule has 0 fully saturated rings. The van der Waals surface area contributed by atoms with Gasteiger partial charge >= 0.3 is 0 Å². The molecule has 0 aliphatic carbocycles. The van der Waals surface area contributed by atoms with Crippen molar-refractivity contribution >= 4 is 29.9 Å². The van der Waals surface area contributed by atoms with Gasteiger partial charge in [0.1, 0.15) is 4.23 Å². The molecule has 0 aromatic carbocycles. The second-order valence-electron chi connectivity index (χ2n) is 3.19. The minimum absolute atomic E-state index is 0.232. The van der Waals surface area contributed by atoms with Gasteiger partial charge in [0, 0.05) is 0 Å². The first kappa shape index (κ1) is 9.21. The first-order chi connectivity index (χ1) is 5.04. The van der Waals surface area contributed by atoms with Crippen LogP contribution in [-0.4, -0.2) is 10.9 Å². The van der Waals surface area contributed by atoms with Crippen LogP contribution in [0.4, 0.5) is 0 Å². The molecule has 60 valence electrons. The summed E-state index contributed by atoms with van der Waals surface area (Å²) in [4.78, 5) is 0. The summed E-state index contributed by atoms with van der Waals surface area (Å²) in [6, 6.07) is 0. The van der Waals surface area contributed by atoms with Gasteiger partial charge in [-0.15, -0.1) is 29.2 Å². The Kier molecular flexibility index (Phi) is 2.72. The van der Waals surface area contributed by atoms with Gasteiger partial charge in [0.2, 0.25) is 6.71 Å². The summed E-state index contributed by atoms with van der Waals surface area (Å²) < 4.78 is -0.705. The summed E-state index contributed by atoms with van der Waals surface area (Å²) in [7, 11) is 0. The predicted molar refractivity (Wildman–Crippen MR) is 53.6 cm³/mol. The standard InChI is InChI=1S/C8H11BCl2/c1-7(2)9-6-4-3-5-8(9,10)11/h3-7H,1-2H3. The van der Waals surface area contributed by atoms with Gasteiger partial charge in [-0.3, -0.25) is 0 Å². The molecule has 1 aliphatic heterocycles. The highest BCUT2D eigenvalue weighted by molar-refractivity contribution is 6.88. The van der Waals surface area contributed by atoms with E-state index in [0.29, 0.717) is 5.82 Å². The molecular formula is C8H11BCl2. The Bertz CT molecular complexity index is 194. The van der Waals surface area contributed by atoms with E-state index >= 15 is 0 Å². The van der Waals surface area contributed by atoms with Crippen LogP contribution in [0.3, 0.4) is 0 Å². The molecule has 0 N–H and O–H groups in total. The summed E-state index contributed by atoms with van der Waals surface area (Å²) in [5, 5.41) is 0. The zero-order valence-corrected chi connectivity index (χ0v) is 8.23. The Morgan fingerprint density at radius 1 is 1.27 bits per heavy atom. The van der Waals surface area contributed by atoms with Crippen molar-refractivity contribution in [1.82, 2.24) is 0 Å². The van der Waals surface area contributed by atoms with Crippen molar-refractivity contribution in [2.24, 2.45) is 0 Å². The quantitative estimate of drug-likeness (QED) is 0.438. The van der Waals surface area contributed by atoms with E-state index in [-0.39, 0.29) is 6.71 Å². The van der Waals surface area contributed by atoms with Gasteiger partial charge in [-0.05, 0) is 0 Å². The second kappa shape index (κ2) is 3.24. The van der Waals surface area contributed by atoms with Gasteiger partial charge in [-0.1, -0.05) is 37.9 Å². The fraction of sp³-hybridized carbons (Fsp3) is 0.500. The lowest BCUT2D eigenvalue weighted by Gasteiger charge is -2.26. The molecule has 0 nitrogen and oxygen atoms in total. The normalized spacial score (nSPS) is 21.4. The zero-order valence-electron chi connectivity index (χ0n) is 6.72. The Morgan fingerprint density at radius 3 is 2.27 bits per heavy atom. The topological polar surface area (TPSA) is 0 Å². The first-order valence-corrected chi connectivity index (χ1v) is 4.53. The number of allylic oxidation sites excluding steroid dienone is 3. The fourth-order valence-electron chi connectivity index (χ4n) is 1.27. The number of hydrogen-bond donors (Lipinski definition) is 0. The molecule has 0 aromatic heterocycles. The fourth-order valence-corrected chi connectivity index (χ4v) is 2.07. The van der Waals surface area contributed by atoms with Crippen molar-refractivity contribution < 1.29 is 0 Å². The van der Waals surface area contributed by atoms with Crippen LogP contribution in [0.1, 0.15) is 13.8 Å². The average Bonchev–Trinajstić information content (AvgIpc) is 1.85. The van der Waals surface area contributed by atoms with Gasteiger partial charge in [0.25, 0.3) is 0 Å². The van der Waals surface area contributed by atoms with Gasteiger partial charge in [-0.2, -0.15) is 0 Å². The summed E-state index contributed by atoms with van der Waals surface area (Å²) in [6.45, 7) is 4.47. The van der Waals surface area contributed by atoms with E-state index in [4.69, 9.17) is 23.2 Å². The summed E-state index contributed by atoms with van der Waals surface area (Å²) >= 11 is 12.1. The van der Waals surface area contributed by atoms with Crippen molar-refractivity contribution in [1.29, 1.82) is 0 Å². The van der Waals surface area contributed by atoms with Crippen LogP contribution in [0, 0.1) is 0 Å². The molecule has 0 atom stereocenters. The molecule has 11 heavy (non-hydrogen) atoms. The van der Waals surface area contributed by atoms with Crippen molar-refractivity contribution in [3.8, 4) is 0 Å². The zero-order chi connectivity index (χ0) is 8.48. The lowest BCUT2D eigenvalue weighted by Crippen LogP contribution is -2.36. The number of rotatable bonds is 1. The van der Waals surface area contributed by atoms with E-state index in [0.717, 1.165) is 0 Å². The third-order valence-corrected chi connectivity index (χ3v) is 2.67. The van der Waals surface area contributed by atoms with E-state index in [1.165, 1.54) is 0 Å². The lowest BCUT2D eigenvalue weighted by molar-refractivity contribution is 1.02. The van der Waals surface area contributed by atoms with Gasteiger partial charge in [0.15, 0.2) is 0 Å². The minimum atomic E-state index is -0.705. The van der Waals surface area contributed by atoms with Crippen molar-refractivity contribution in [2.75, 3.05) is 0 Å². The molecular weight excluding hydrogens is 178 g/mol. The summed E-state index contributed by atoms with van der Waals surface area (Å²) in [5.41, 5.74) is 0. The smallest absolute Gasteiger partial charge is 0.111 e. The van der Waals surface area contributed by atoms with Crippen LogP contribution in [0.25, 0.3) is 0 Å². The van der Waals surface area contributed by atoms with Crippen LogP contribution in [0.2, 0.25) is 5.82 Å². The van der Waals surface area contributed by atoms with Crippen molar-refractivity contribution in [2.45, 2.75) is 23.9 Å². The predicted octanol–water partition coefficient (Wildman–Crippen LogP) is 3.27. The molecule has 1 aliphatic rings. The maximum Gasteiger partial charge on any atom is 0.218 e. The van der Waals surface area contributed by atoms with Crippen LogP contribution in [-0.2, 0) is 0 Å². The van der Waals surface area contributed by atoms with E-state index in [1.54, 1.807) is 0 Å². The Hall–Kier alpha value is 0.125. The Morgan fingerprint density at radius 2 is 1.91 bits per heavy atom. The number of hydrogen-bond acceptors (Lipinski definition) is 0. The monoisotopic (exact) mass is 188 g/mol. The van der Waals surface area contributed by atoms with Gasteiger partial charge < -0.3 is 0 Å². The third-order valence-electron chi connectivity index (χ3n) is 1.91. The molecule has 1 heterocycles. The van der Waals surface area contributed by atoms with E-state index in [1.807, 2.05) is 18.2 Å². The van der Waals surface area contributed by atoms with Crippen LogP contribution in [0.15, 0.2) is 24.2 Å². The minimum Gasteiger partial charge on any atom is -0.111 e. The van der Waals surface area contributed by atoms with Crippen LogP contribution in [0.5, 0.6) is 0 Å². The summed E-state index contributed by atoms with van der Waals surface area (Å²) in [6.07, 6.45) is 5.72. The summed E-state index contributed by atoms with van der Waals surface area (Å²) in [5.74, 6) is 2.54. The van der Waals surface area contributed by atoms with Crippen molar-refractivity contribution in [3.05, 3.63) is 24.2 Å². The number of halogens is 2. The molecule has 0 radical (unpaired) electrons. The van der Waals surface area contributed by atoms with E-state index < -0.39 is 4.23 Å². The molecule has 0 amide bonds. The average molecular weight is 189 g/mol. The highest BCUT2D eigenvalue weighted by atomic mass is 35.5. The van der Waals surface area contributed by atoms with Crippen LogP contribution < -0.4 is 0 Å². The molecule has 0 aromatic rings. The molecule has 0 saturated heterocycles. The molecule has 1 rings (SSSR count). The third kappa shape index (κ3) is 2.03. The SMILES string of the molecule is CC(C)B1C=CC=CC1(Cl)Cl. The van der Waals surface area contributed by atoms with Crippen LogP contribution >= 0.6 is 23.2 Å². The first-order valence-electron chi connectivity index (χ1n) is 3.78. The lowest BCUT2D eigenvalue weighted by atomic mass is 9.38. The second-order valence-corrected chi connectivity index (χ2v) is 4.63. The van der Waals surface area contributed by atoms with E-state index in [2.05, 4.69) is 19.8 Å². The Balaban J connectivity index is 2.80. The maximum absolute atomic E-state index is 6.06. The molecule has 0 unspecified atom stereocenters. The molecule has 3 heteroatoms. The van der Waals surface area contributed by atoms with E-state index in [9.17, 15) is 0 Å². The largest absolute Gasteiger partial charge is 0.218 e.